The Morgan fingerprint density at radius 3 is 1.62 bits per heavy atom. The zero-order valence-electron chi connectivity index (χ0n) is 10.4. The minimum atomic E-state index is 1.18. The minimum Gasteiger partial charge on any atom is -0.307 e. The topological polar surface area (TPSA) is 3.24 Å². The predicted octanol–water partition coefficient (Wildman–Crippen LogP) is 3.93. The summed E-state index contributed by atoms with van der Waals surface area (Å²) in [5.74, 6) is 0. The number of unbranched alkanes of at least 4 members (excludes halogenated alkanes) is 3. The van der Waals surface area contributed by atoms with Crippen LogP contribution in [-0.4, -0.2) is 25.0 Å². The maximum absolute atomic E-state index is 2.36. The lowest BCUT2D eigenvalue weighted by atomic mass is 10.2. The lowest BCUT2D eigenvalue weighted by Gasteiger charge is -2.12. The van der Waals surface area contributed by atoms with E-state index in [0.717, 1.165) is 0 Å². The minimum absolute atomic E-state index is 1.18. The van der Waals surface area contributed by atoms with Crippen molar-refractivity contribution in [3.8, 4) is 0 Å². The first-order valence-electron chi connectivity index (χ1n) is 5.91. The Balaban J connectivity index is 0. The number of hydrogen-bond acceptors (Lipinski definition) is 1. The average molecular weight is 187 g/mol. The fraction of sp³-hybridized carbons (Fsp3) is 1.00. The zero-order valence-corrected chi connectivity index (χ0v) is 10.4. The molecule has 13 heavy (non-hydrogen) atoms. The van der Waals surface area contributed by atoms with Crippen LogP contribution in [-0.2, 0) is 0 Å². The van der Waals surface area contributed by atoms with Crippen molar-refractivity contribution in [3.05, 3.63) is 0 Å². The van der Waals surface area contributed by atoms with Gasteiger partial charge in [-0.2, -0.15) is 0 Å². The first kappa shape index (κ1) is 15.4. The normalized spacial score (nSPS) is 9.69. The quantitative estimate of drug-likeness (QED) is 0.569. The van der Waals surface area contributed by atoms with Crippen LogP contribution < -0.4 is 0 Å². The molecule has 0 heterocycles. The summed E-state index contributed by atoms with van der Waals surface area (Å²) in [4.78, 5) is 2.36. The van der Waals surface area contributed by atoms with Crippen LogP contribution in [0.15, 0.2) is 0 Å². The molecular formula is C12H29N. The molecule has 0 spiro atoms. The smallest absolute Gasteiger partial charge is 0.00219 e. The summed E-state index contributed by atoms with van der Waals surface area (Å²) in [7, 11) is 2.18. The van der Waals surface area contributed by atoms with Crippen molar-refractivity contribution < 1.29 is 0 Å². The molecule has 0 fully saturated rings. The summed E-state index contributed by atoms with van der Waals surface area (Å²) in [6.07, 6.45) is 6.71. The molecule has 0 radical (unpaired) electrons. The third-order valence-corrected chi connectivity index (χ3v) is 2.18. The molecule has 0 aromatic heterocycles. The van der Waals surface area contributed by atoms with Gasteiger partial charge < -0.3 is 4.90 Å². The van der Waals surface area contributed by atoms with Crippen LogP contribution in [0, 0.1) is 0 Å². The monoisotopic (exact) mass is 187 g/mol. The van der Waals surface area contributed by atoms with Crippen molar-refractivity contribution in [2.45, 2.75) is 59.8 Å². The van der Waals surface area contributed by atoms with Crippen molar-refractivity contribution in [1.29, 1.82) is 0 Å². The predicted molar refractivity (Wildman–Crippen MR) is 63.3 cm³/mol. The number of hydrogen-bond donors (Lipinski definition) is 0. The third-order valence-electron chi connectivity index (χ3n) is 2.18. The fourth-order valence-electron chi connectivity index (χ4n) is 0.790. The maximum atomic E-state index is 2.36. The third kappa shape index (κ3) is 18.7. The van der Waals surface area contributed by atoms with Gasteiger partial charge in [0.25, 0.3) is 0 Å². The molecule has 0 amide bonds. The SMILES string of the molecule is CCCC.CCCCCN(C)CC. The molecule has 0 aromatic rings. The van der Waals surface area contributed by atoms with E-state index in [-0.39, 0.29) is 0 Å². The van der Waals surface area contributed by atoms with Gasteiger partial charge in [0.05, 0.1) is 0 Å². The Hall–Kier alpha value is -0.0400. The standard InChI is InChI=1S/C8H19N.C4H10/c1-4-6-7-8-9(3)5-2;1-3-4-2/h4-8H2,1-3H3;3-4H2,1-2H3. The molecule has 82 valence electrons. The summed E-state index contributed by atoms with van der Waals surface area (Å²) in [5.41, 5.74) is 0. The van der Waals surface area contributed by atoms with E-state index in [1.807, 2.05) is 0 Å². The van der Waals surface area contributed by atoms with Gasteiger partial charge in [-0.3, -0.25) is 0 Å². The summed E-state index contributed by atoms with van der Waals surface area (Å²) < 4.78 is 0. The molecule has 0 aromatic carbocycles. The van der Waals surface area contributed by atoms with E-state index in [9.17, 15) is 0 Å². The number of rotatable bonds is 6. The van der Waals surface area contributed by atoms with Gasteiger partial charge in [-0.15, -0.1) is 0 Å². The first-order valence-corrected chi connectivity index (χ1v) is 5.91. The van der Waals surface area contributed by atoms with Crippen LogP contribution >= 0.6 is 0 Å². The maximum Gasteiger partial charge on any atom is -0.00219 e. The van der Waals surface area contributed by atoms with Gasteiger partial charge >= 0.3 is 0 Å². The largest absolute Gasteiger partial charge is 0.307 e. The highest BCUT2D eigenvalue weighted by Gasteiger charge is 1.91. The van der Waals surface area contributed by atoms with Gasteiger partial charge in [0.2, 0.25) is 0 Å². The Bertz CT molecular complexity index is 69.5. The Kier molecular flexibility index (Phi) is 17.2. The van der Waals surface area contributed by atoms with E-state index >= 15 is 0 Å². The summed E-state index contributed by atoms with van der Waals surface area (Å²) in [6, 6.07) is 0. The molecule has 0 unspecified atom stereocenters. The molecule has 0 N–H and O–H groups in total. The van der Waals surface area contributed by atoms with Crippen molar-refractivity contribution >= 4 is 0 Å². The van der Waals surface area contributed by atoms with E-state index in [4.69, 9.17) is 0 Å². The highest BCUT2D eigenvalue weighted by atomic mass is 15.1. The molecule has 1 nitrogen and oxygen atoms in total. The molecule has 0 aliphatic carbocycles. The Labute approximate surface area is 85.5 Å². The summed E-state index contributed by atoms with van der Waals surface area (Å²) in [5, 5.41) is 0. The van der Waals surface area contributed by atoms with Crippen molar-refractivity contribution in [1.82, 2.24) is 4.90 Å². The molecule has 0 aliphatic rings. The molecule has 0 bridgehead atoms. The van der Waals surface area contributed by atoms with Crippen LogP contribution in [0.25, 0.3) is 0 Å². The van der Waals surface area contributed by atoms with Crippen LogP contribution in [0.1, 0.15) is 59.8 Å². The van der Waals surface area contributed by atoms with E-state index in [1.54, 1.807) is 0 Å². The lowest BCUT2D eigenvalue weighted by molar-refractivity contribution is 0.343. The van der Waals surface area contributed by atoms with Crippen molar-refractivity contribution in [2.24, 2.45) is 0 Å². The van der Waals surface area contributed by atoms with Gasteiger partial charge in [0.1, 0.15) is 0 Å². The van der Waals surface area contributed by atoms with Crippen LogP contribution in [0.5, 0.6) is 0 Å². The average Bonchev–Trinajstić information content (AvgIpc) is 2.18. The molecule has 0 saturated carbocycles. The van der Waals surface area contributed by atoms with E-state index in [1.165, 1.54) is 45.2 Å². The van der Waals surface area contributed by atoms with Crippen LogP contribution in [0.4, 0.5) is 0 Å². The highest BCUT2D eigenvalue weighted by Crippen LogP contribution is 1.94. The van der Waals surface area contributed by atoms with Gasteiger partial charge in [0.15, 0.2) is 0 Å². The van der Waals surface area contributed by atoms with Gasteiger partial charge in [0, 0.05) is 0 Å². The molecule has 0 saturated heterocycles. The van der Waals surface area contributed by atoms with E-state index in [2.05, 4.69) is 39.6 Å². The molecule has 1 heteroatoms. The second kappa shape index (κ2) is 14.5. The highest BCUT2D eigenvalue weighted by molar-refractivity contribution is 4.46. The Morgan fingerprint density at radius 1 is 0.769 bits per heavy atom. The van der Waals surface area contributed by atoms with Crippen molar-refractivity contribution in [3.63, 3.8) is 0 Å². The summed E-state index contributed by atoms with van der Waals surface area (Å²) in [6.45, 7) is 11.3. The second-order valence-electron chi connectivity index (χ2n) is 3.60. The molecule has 0 rings (SSSR count). The van der Waals surface area contributed by atoms with Gasteiger partial charge in [-0.1, -0.05) is 53.4 Å². The first-order chi connectivity index (χ1) is 6.22. The van der Waals surface area contributed by atoms with Crippen LogP contribution in [0.2, 0.25) is 0 Å². The molecule has 0 atom stereocenters. The molecular weight excluding hydrogens is 158 g/mol. The zero-order chi connectivity index (χ0) is 10.5. The van der Waals surface area contributed by atoms with Gasteiger partial charge in [-0.25, -0.2) is 0 Å². The van der Waals surface area contributed by atoms with E-state index < -0.39 is 0 Å². The van der Waals surface area contributed by atoms with Gasteiger partial charge in [-0.05, 0) is 26.6 Å². The number of nitrogens with zero attached hydrogens (tertiary/aromatic N) is 1. The fourth-order valence-corrected chi connectivity index (χ4v) is 0.790. The Morgan fingerprint density at radius 2 is 1.31 bits per heavy atom. The van der Waals surface area contributed by atoms with Crippen LogP contribution in [0.3, 0.4) is 0 Å². The summed E-state index contributed by atoms with van der Waals surface area (Å²) >= 11 is 0. The van der Waals surface area contributed by atoms with Crippen molar-refractivity contribution in [2.75, 3.05) is 20.1 Å². The second-order valence-corrected chi connectivity index (χ2v) is 3.60. The molecule has 0 aliphatic heterocycles. The lowest BCUT2D eigenvalue weighted by Crippen LogP contribution is -2.18. The van der Waals surface area contributed by atoms with E-state index in [0.29, 0.717) is 0 Å².